The van der Waals surface area contributed by atoms with Gasteiger partial charge in [0.1, 0.15) is 11.5 Å². The molecule has 1 aromatic rings. The van der Waals surface area contributed by atoms with Gasteiger partial charge in [-0.05, 0) is 39.5 Å². The maximum Gasteiger partial charge on any atom is 0.191 e. The second-order valence-corrected chi connectivity index (χ2v) is 8.54. The Kier molecular flexibility index (Phi) is 10.5. The standard InChI is InChI=1S/C23H39N5O2.HI/c1-17(2)28(19-6-7-19)13-10-25-23(24-3)26-18-8-11-27(12-9-18)20-14-21(29-4)16-22(15-20)30-5;/h14-19H,6-13H2,1-5H3,(H2,24,25,26);1H. The predicted octanol–water partition coefficient (Wildman–Crippen LogP) is 3.33. The molecule has 8 heteroatoms. The van der Waals surface area contributed by atoms with E-state index in [9.17, 15) is 0 Å². The molecule has 0 spiro atoms. The van der Waals surface area contributed by atoms with Crippen LogP contribution in [0, 0.1) is 0 Å². The number of rotatable bonds is 9. The fourth-order valence-corrected chi connectivity index (χ4v) is 4.22. The number of guanidine groups is 1. The average molecular weight is 546 g/mol. The number of piperidine rings is 1. The summed E-state index contributed by atoms with van der Waals surface area (Å²) >= 11 is 0. The van der Waals surface area contributed by atoms with E-state index in [-0.39, 0.29) is 24.0 Å². The summed E-state index contributed by atoms with van der Waals surface area (Å²) in [6, 6.07) is 7.91. The maximum atomic E-state index is 5.42. The molecule has 2 N–H and O–H groups in total. The number of halogens is 1. The molecule has 0 atom stereocenters. The van der Waals surface area contributed by atoms with Crippen LogP contribution >= 0.6 is 24.0 Å². The second-order valence-electron chi connectivity index (χ2n) is 8.54. The van der Waals surface area contributed by atoms with E-state index in [4.69, 9.17) is 9.47 Å². The van der Waals surface area contributed by atoms with Gasteiger partial charge in [0.2, 0.25) is 0 Å². The van der Waals surface area contributed by atoms with Crippen LogP contribution in [0.2, 0.25) is 0 Å². The molecular formula is C23H40IN5O2. The first-order valence-electron chi connectivity index (χ1n) is 11.2. The highest BCUT2D eigenvalue weighted by molar-refractivity contribution is 14.0. The number of benzene rings is 1. The monoisotopic (exact) mass is 545 g/mol. The SMILES string of the molecule is CN=C(NCCN(C(C)C)C1CC1)NC1CCN(c2cc(OC)cc(OC)c2)CC1.I. The highest BCUT2D eigenvalue weighted by atomic mass is 127. The van der Waals surface area contributed by atoms with Crippen molar-refractivity contribution in [1.82, 2.24) is 15.5 Å². The summed E-state index contributed by atoms with van der Waals surface area (Å²) in [7, 11) is 5.24. The minimum absolute atomic E-state index is 0. The molecule has 0 radical (unpaired) electrons. The van der Waals surface area contributed by atoms with Crippen molar-refractivity contribution in [3.8, 4) is 11.5 Å². The Morgan fingerprint density at radius 3 is 2.19 bits per heavy atom. The van der Waals surface area contributed by atoms with Gasteiger partial charge in [-0.1, -0.05) is 0 Å². The van der Waals surface area contributed by atoms with E-state index in [1.54, 1.807) is 14.2 Å². The van der Waals surface area contributed by atoms with Crippen LogP contribution < -0.4 is 25.0 Å². The Morgan fingerprint density at radius 1 is 1.10 bits per heavy atom. The van der Waals surface area contributed by atoms with Gasteiger partial charge < -0.3 is 25.0 Å². The van der Waals surface area contributed by atoms with Gasteiger partial charge in [-0.25, -0.2) is 0 Å². The number of aliphatic imine (C=N–C) groups is 1. The van der Waals surface area contributed by atoms with Crippen LogP contribution in [-0.2, 0) is 0 Å². The molecule has 7 nitrogen and oxygen atoms in total. The van der Waals surface area contributed by atoms with Crippen molar-refractivity contribution in [3.05, 3.63) is 18.2 Å². The summed E-state index contributed by atoms with van der Waals surface area (Å²) in [5.74, 6) is 2.57. The summed E-state index contributed by atoms with van der Waals surface area (Å²) in [5, 5.41) is 7.12. The van der Waals surface area contributed by atoms with Crippen molar-refractivity contribution < 1.29 is 9.47 Å². The predicted molar refractivity (Wildman–Crippen MR) is 140 cm³/mol. The first kappa shape index (κ1) is 25.8. The van der Waals surface area contributed by atoms with Crippen molar-refractivity contribution in [1.29, 1.82) is 0 Å². The number of hydrogen-bond donors (Lipinski definition) is 2. The van der Waals surface area contributed by atoms with Crippen LogP contribution in [0.15, 0.2) is 23.2 Å². The van der Waals surface area contributed by atoms with Crippen molar-refractivity contribution in [2.24, 2.45) is 4.99 Å². The zero-order chi connectivity index (χ0) is 21.5. The Balaban J connectivity index is 0.00000341. The van der Waals surface area contributed by atoms with Gasteiger partial charge in [0.25, 0.3) is 0 Å². The smallest absolute Gasteiger partial charge is 0.191 e. The fourth-order valence-electron chi connectivity index (χ4n) is 4.22. The molecule has 1 saturated carbocycles. The molecule has 176 valence electrons. The molecule has 2 aliphatic rings. The topological polar surface area (TPSA) is 61.4 Å². The Labute approximate surface area is 205 Å². The fraction of sp³-hybridized carbons (Fsp3) is 0.696. The van der Waals surface area contributed by atoms with E-state index in [2.05, 4.69) is 51.4 Å². The first-order chi connectivity index (χ1) is 14.5. The minimum Gasteiger partial charge on any atom is -0.497 e. The lowest BCUT2D eigenvalue weighted by Crippen LogP contribution is -2.50. The first-order valence-corrected chi connectivity index (χ1v) is 11.2. The van der Waals surface area contributed by atoms with Gasteiger partial charge in [0, 0.05) is 75.2 Å². The summed E-state index contributed by atoms with van der Waals surface area (Å²) in [5.41, 5.74) is 1.15. The van der Waals surface area contributed by atoms with Crippen LogP contribution in [0.3, 0.4) is 0 Å². The number of nitrogens with zero attached hydrogens (tertiary/aromatic N) is 3. The van der Waals surface area contributed by atoms with Gasteiger partial charge in [-0.15, -0.1) is 24.0 Å². The van der Waals surface area contributed by atoms with Gasteiger partial charge >= 0.3 is 0 Å². The van der Waals surface area contributed by atoms with Crippen LogP contribution in [0.5, 0.6) is 11.5 Å². The Morgan fingerprint density at radius 2 is 1.71 bits per heavy atom. The quantitative estimate of drug-likeness (QED) is 0.282. The number of anilines is 1. The summed E-state index contributed by atoms with van der Waals surface area (Å²) in [6.45, 7) is 8.56. The van der Waals surface area contributed by atoms with Crippen molar-refractivity contribution >= 4 is 35.6 Å². The van der Waals surface area contributed by atoms with Crippen LogP contribution in [-0.4, -0.2) is 76.4 Å². The lowest BCUT2D eigenvalue weighted by molar-refractivity contribution is 0.215. The molecule has 31 heavy (non-hydrogen) atoms. The lowest BCUT2D eigenvalue weighted by atomic mass is 10.0. The zero-order valence-electron chi connectivity index (χ0n) is 19.7. The molecule has 1 aromatic carbocycles. The molecule has 0 unspecified atom stereocenters. The molecule has 1 aliphatic carbocycles. The van der Waals surface area contributed by atoms with Crippen molar-refractivity contribution in [2.75, 3.05) is 52.3 Å². The van der Waals surface area contributed by atoms with E-state index in [1.807, 2.05) is 13.1 Å². The third kappa shape index (κ3) is 7.59. The molecule has 0 bridgehead atoms. The molecular weight excluding hydrogens is 505 g/mol. The Hall–Kier alpha value is -1.42. The number of ether oxygens (including phenoxy) is 2. The molecule has 1 saturated heterocycles. The van der Waals surface area contributed by atoms with Crippen LogP contribution in [0.1, 0.15) is 39.5 Å². The second kappa shape index (κ2) is 12.6. The van der Waals surface area contributed by atoms with E-state index in [1.165, 1.54) is 12.8 Å². The highest BCUT2D eigenvalue weighted by Gasteiger charge is 2.30. The Bertz CT molecular complexity index is 679. The van der Waals surface area contributed by atoms with Gasteiger partial charge in [-0.3, -0.25) is 9.89 Å². The highest BCUT2D eigenvalue weighted by Crippen LogP contribution is 2.30. The van der Waals surface area contributed by atoms with Gasteiger partial charge in [-0.2, -0.15) is 0 Å². The normalized spacial score (nSPS) is 17.5. The average Bonchev–Trinajstić information content (AvgIpc) is 3.60. The number of methoxy groups -OCH3 is 2. The molecule has 0 amide bonds. The van der Waals surface area contributed by atoms with Crippen molar-refractivity contribution in [2.45, 2.75) is 57.7 Å². The zero-order valence-corrected chi connectivity index (χ0v) is 22.0. The largest absolute Gasteiger partial charge is 0.497 e. The number of hydrogen-bond acceptors (Lipinski definition) is 5. The number of nitrogens with one attached hydrogen (secondary N) is 2. The molecule has 1 aliphatic heterocycles. The van der Waals surface area contributed by atoms with Gasteiger partial charge in [0.05, 0.1) is 14.2 Å². The van der Waals surface area contributed by atoms with E-state index < -0.39 is 0 Å². The van der Waals surface area contributed by atoms with E-state index >= 15 is 0 Å². The van der Waals surface area contributed by atoms with E-state index in [0.717, 1.165) is 68.2 Å². The van der Waals surface area contributed by atoms with E-state index in [0.29, 0.717) is 12.1 Å². The van der Waals surface area contributed by atoms with Crippen LogP contribution in [0.4, 0.5) is 5.69 Å². The molecule has 2 fully saturated rings. The summed E-state index contributed by atoms with van der Waals surface area (Å²) < 4.78 is 10.8. The third-order valence-electron chi connectivity index (χ3n) is 6.10. The van der Waals surface area contributed by atoms with Gasteiger partial charge in [0.15, 0.2) is 5.96 Å². The molecule has 1 heterocycles. The molecule has 0 aromatic heterocycles. The van der Waals surface area contributed by atoms with Crippen LogP contribution in [0.25, 0.3) is 0 Å². The summed E-state index contributed by atoms with van der Waals surface area (Å²) in [4.78, 5) is 9.43. The maximum absolute atomic E-state index is 5.42. The summed E-state index contributed by atoms with van der Waals surface area (Å²) in [6.07, 6.45) is 4.84. The van der Waals surface area contributed by atoms with Crippen molar-refractivity contribution in [3.63, 3.8) is 0 Å². The lowest BCUT2D eigenvalue weighted by Gasteiger charge is -2.35. The minimum atomic E-state index is 0. The molecule has 3 rings (SSSR count). The third-order valence-corrected chi connectivity index (χ3v) is 6.10.